The van der Waals surface area contributed by atoms with E-state index in [4.69, 9.17) is 0 Å². The van der Waals surface area contributed by atoms with Crippen molar-refractivity contribution in [1.29, 1.82) is 0 Å². The van der Waals surface area contributed by atoms with Crippen molar-refractivity contribution in [2.45, 2.75) is 0 Å². The summed E-state index contributed by atoms with van der Waals surface area (Å²) < 4.78 is 12.7. The van der Waals surface area contributed by atoms with Crippen molar-refractivity contribution in [1.82, 2.24) is 20.4 Å². The third-order valence-electron chi connectivity index (χ3n) is 2.29. The minimum atomic E-state index is -0.669. The van der Waals surface area contributed by atoms with Gasteiger partial charge >= 0.3 is 5.56 Å². The smallest absolute Gasteiger partial charge is 0.320 e. The first-order chi connectivity index (χ1) is 9.11. The maximum atomic E-state index is 12.7. The Labute approximate surface area is 106 Å². The van der Waals surface area contributed by atoms with Gasteiger partial charge in [-0.15, -0.1) is 9.89 Å². The van der Waals surface area contributed by atoms with Crippen LogP contribution in [0.15, 0.2) is 34.2 Å². The second-order valence-corrected chi connectivity index (χ2v) is 3.55. The van der Waals surface area contributed by atoms with Gasteiger partial charge in [0, 0.05) is 7.05 Å². The fourth-order valence-corrected chi connectivity index (χ4v) is 1.31. The Balaban J connectivity index is 2.25. The van der Waals surface area contributed by atoms with Crippen LogP contribution in [-0.4, -0.2) is 34.3 Å². The number of amides is 1. The van der Waals surface area contributed by atoms with Crippen molar-refractivity contribution in [2.75, 3.05) is 7.05 Å². The summed E-state index contributed by atoms with van der Waals surface area (Å²) >= 11 is 0. The molecular weight excluding hydrogens is 253 g/mol. The van der Waals surface area contributed by atoms with Gasteiger partial charge in [-0.25, -0.2) is 4.39 Å². The number of hydrogen-bond acceptors (Lipinski definition) is 4. The van der Waals surface area contributed by atoms with E-state index in [-0.39, 0.29) is 11.5 Å². The third-order valence-corrected chi connectivity index (χ3v) is 2.29. The van der Waals surface area contributed by atoms with Gasteiger partial charge in [-0.05, 0) is 17.7 Å². The van der Waals surface area contributed by atoms with E-state index in [0.717, 1.165) is 4.79 Å². The largest absolute Gasteiger partial charge is 0.354 e. The molecule has 8 heteroatoms. The minimum absolute atomic E-state index is 0.279. The predicted octanol–water partition coefficient (Wildman–Crippen LogP) is -0.0477. The first-order valence-electron chi connectivity index (χ1n) is 5.31. The summed E-state index contributed by atoms with van der Waals surface area (Å²) in [7, 11) is 1.39. The summed E-state index contributed by atoms with van der Waals surface area (Å²) in [5, 5.41) is 11.9. The summed E-state index contributed by atoms with van der Waals surface area (Å²) in [5.41, 5.74) is -0.346. The minimum Gasteiger partial charge on any atom is -0.354 e. The number of carbonyl (C=O) groups excluding carboxylic acids is 1. The lowest BCUT2D eigenvalue weighted by Gasteiger charge is -1.92. The molecule has 2 aromatic rings. The summed E-state index contributed by atoms with van der Waals surface area (Å²) in [6, 6.07) is 5.54. The van der Waals surface area contributed by atoms with Crippen molar-refractivity contribution >= 4 is 12.1 Å². The fourth-order valence-electron chi connectivity index (χ4n) is 1.31. The molecule has 0 radical (unpaired) electrons. The Morgan fingerprint density at radius 1 is 1.47 bits per heavy atom. The Morgan fingerprint density at radius 3 is 2.79 bits per heavy atom. The average molecular weight is 263 g/mol. The number of nitrogens with zero attached hydrogens (tertiary/aromatic N) is 3. The zero-order chi connectivity index (χ0) is 13.8. The Bertz CT molecular complexity index is 671. The van der Waals surface area contributed by atoms with E-state index in [1.54, 1.807) is 0 Å². The zero-order valence-electron chi connectivity index (χ0n) is 9.92. The Kier molecular flexibility index (Phi) is 3.51. The molecule has 2 N–H and O–H groups in total. The van der Waals surface area contributed by atoms with Crippen molar-refractivity contribution < 1.29 is 9.18 Å². The number of H-pyrrole nitrogens is 1. The normalized spacial score (nSPS) is 10.8. The van der Waals surface area contributed by atoms with Crippen LogP contribution >= 0.6 is 0 Å². The molecule has 98 valence electrons. The molecule has 0 fully saturated rings. The highest BCUT2D eigenvalue weighted by Gasteiger charge is 2.14. The van der Waals surface area contributed by atoms with Crippen LogP contribution in [-0.2, 0) is 0 Å². The molecule has 0 saturated heterocycles. The molecule has 1 heterocycles. The SMILES string of the molecule is CNC(=O)c1n[nH]n(/N=C\c2ccc(F)cc2)c1=O. The molecule has 0 aliphatic heterocycles. The molecule has 2 rings (SSSR count). The molecule has 0 unspecified atom stereocenters. The highest BCUT2D eigenvalue weighted by molar-refractivity contribution is 5.91. The van der Waals surface area contributed by atoms with Gasteiger partial charge < -0.3 is 5.32 Å². The molecule has 1 aromatic heterocycles. The second kappa shape index (κ2) is 5.25. The van der Waals surface area contributed by atoms with Crippen LogP contribution in [0, 0.1) is 5.82 Å². The fraction of sp³-hybridized carbons (Fsp3) is 0.0909. The molecule has 0 spiro atoms. The van der Waals surface area contributed by atoms with E-state index in [9.17, 15) is 14.0 Å². The summed E-state index contributed by atoms with van der Waals surface area (Å²) in [6.45, 7) is 0. The third kappa shape index (κ3) is 2.73. The van der Waals surface area contributed by atoms with Gasteiger partial charge in [0.25, 0.3) is 5.91 Å². The number of aromatic amines is 1. The predicted molar refractivity (Wildman–Crippen MR) is 65.6 cm³/mol. The van der Waals surface area contributed by atoms with Crippen LogP contribution in [0.1, 0.15) is 16.1 Å². The molecule has 7 nitrogen and oxygen atoms in total. The lowest BCUT2D eigenvalue weighted by molar-refractivity contribution is 0.0957. The topological polar surface area (TPSA) is 92.1 Å². The highest BCUT2D eigenvalue weighted by atomic mass is 19.1. The molecule has 0 aliphatic carbocycles. The van der Waals surface area contributed by atoms with Crippen molar-refractivity contribution in [3.8, 4) is 0 Å². The van der Waals surface area contributed by atoms with Crippen molar-refractivity contribution in [3.63, 3.8) is 0 Å². The van der Waals surface area contributed by atoms with Crippen LogP contribution in [0.25, 0.3) is 0 Å². The Morgan fingerprint density at radius 2 is 2.16 bits per heavy atom. The number of nitrogens with one attached hydrogen (secondary N) is 2. The van der Waals surface area contributed by atoms with E-state index in [1.165, 1.54) is 37.5 Å². The van der Waals surface area contributed by atoms with Crippen LogP contribution in [0.2, 0.25) is 0 Å². The lowest BCUT2D eigenvalue weighted by Crippen LogP contribution is -2.26. The van der Waals surface area contributed by atoms with E-state index < -0.39 is 11.5 Å². The van der Waals surface area contributed by atoms with Gasteiger partial charge in [-0.1, -0.05) is 12.1 Å². The van der Waals surface area contributed by atoms with Crippen LogP contribution < -0.4 is 10.9 Å². The molecule has 0 aliphatic rings. The monoisotopic (exact) mass is 263 g/mol. The van der Waals surface area contributed by atoms with Gasteiger partial charge in [0.15, 0.2) is 0 Å². The van der Waals surface area contributed by atoms with Gasteiger partial charge in [-0.3, -0.25) is 9.59 Å². The van der Waals surface area contributed by atoms with E-state index >= 15 is 0 Å². The number of aromatic nitrogens is 3. The first kappa shape index (κ1) is 12.7. The summed E-state index contributed by atoms with van der Waals surface area (Å²) in [6.07, 6.45) is 1.34. The number of hydrogen-bond donors (Lipinski definition) is 2. The van der Waals surface area contributed by atoms with Crippen LogP contribution in [0.3, 0.4) is 0 Å². The second-order valence-electron chi connectivity index (χ2n) is 3.55. The molecule has 19 heavy (non-hydrogen) atoms. The van der Waals surface area contributed by atoms with Crippen LogP contribution in [0.5, 0.6) is 0 Å². The number of benzene rings is 1. The average Bonchev–Trinajstić information content (AvgIpc) is 2.79. The van der Waals surface area contributed by atoms with Gasteiger partial charge in [0.2, 0.25) is 5.69 Å². The summed E-state index contributed by atoms with van der Waals surface area (Å²) in [5.74, 6) is -0.963. The van der Waals surface area contributed by atoms with Gasteiger partial charge in [0.1, 0.15) is 5.82 Å². The number of rotatable bonds is 3. The van der Waals surface area contributed by atoms with Gasteiger partial charge in [0.05, 0.1) is 6.21 Å². The van der Waals surface area contributed by atoms with E-state index in [0.29, 0.717) is 5.56 Å². The molecule has 0 saturated carbocycles. The van der Waals surface area contributed by atoms with Gasteiger partial charge in [-0.2, -0.15) is 10.3 Å². The standard InChI is InChI=1S/C11H10FN5O2/c1-13-10(18)9-11(19)17(16-15-9)14-6-7-2-4-8(12)5-3-7/h2-6,16H,1H3,(H,13,18)/b14-6-. The van der Waals surface area contributed by atoms with E-state index in [1.807, 2.05) is 0 Å². The van der Waals surface area contributed by atoms with Crippen molar-refractivity contribution in [3.05, 3.63) is 51.7 Å². The molecular formula is C11H10FN5O2. The number of carbonyl (C=O) groups is 1. The molecule has 1 aromatic carbocycles. The summed E-state index contributed by atoms with van der Waals surface area (Å²) in [4.78, 5) is 23.8. The quantitative estimate of drug-likeness (QED) is 0.760. The number of halogens is 1. The zero-order valence-corrected chi connectivity index (χ0v) is 9.92. The Hall–Kier alpha value is -2.77. The lowest BCUT2D eigenvalue weighted by atomic mass is 10.2. The molecule has 1 amide bonds. The first-order valence-corrected chi connectivity index (χ1v) is 5.31. The highest BCUT2D eigenvalue weighted by Crippen LogP contribution is 1.99. The molecule has 0 bridgehead atoms. The molecule has 0 atom stereocenters. The maximum absolute atomic E-state index is 12.7. The maximum Gasteiger partial charge on any atom is 0.320 e. The van der Waals surface area contributed by atoms with Crippen molar-refractivity contribution in [2.24, 2.45) is 5.10 Å². The van der Waals surface area contributed by atoms with E-state index in [2.05, 4.69) is 20.7 Å². The van der Waals surface area contributed by atoms with Crippen LogP contribution in [0.4, 0.5) is 4.39 Å².